The molecule has 2 aliphatic heterocycles. The van der Waals surface area contributed by atoms with E-state index in [0.29, 0.717) is 32.9 Å². The van der Waals surface area contributed by atoms with E-state index in [0.717, 1.165) is 52.7 Å². The zero-order chi connectivity index (χ0) is 24.4. The molecule has 0 radical (unpaired) electrons. The van der Waals surface area contributed by atoms with Crippen LogP contribution in [0.15, 0.2) is 42.6 Å². The van der Waals surface area contributed by atoms with Crippen LogP contribution in [0.25, 0.3) is 22.5 Å². The number of aromatic nitrogens is 3. The minimum atomic E-state index is -0.103. The number of benzene rings is 1. The van der Waals surface area contributed by atoms with Gasteiger partial charge in [0.25, 0.3) is 0 Å². The molecule has 2 saturated heterocycles. The van der Waals surface area contributed by atoms with Crippen molar-refractivity contribution < 1.29 is 14.3 Å². The molecule has 9 heteroatoms. The lowest BCUT2D eigenvalue weighted by Crippen LogP contribution is -2.46. The monoisotopic (exact) mass is 476 g/mol. The van der Waals surface area contributed by atoms with Crippen LogP contribution in [0, 0.1) is 6.92 Å². The van der Waals surface area contributed by atoms with Gasteiger partial charge in [0.05, 0.1) is 37.3 Å². The van der Waals surface area contributed by atoms with Crippen LogP contribution in [-0.2, 0) is 16.5 Å². The molecule has 1 atom stereocenters. The lowest BCUT2D eigenvalue weighted by molar-refractivity contribution is -0.00138. The Morgan fingerprint density at radius 1 is 1.09 bits per heavy atom. The Kier molecular flexibility index (Phi) is 6.70. The third-order valence-corrected chi connectivity index (χ3v) is 6.56. The predicted molar refractivity (Wildman–Crippen MR) is 136 cm³/mol. The molecular formula is C26H32N6O3. The summed E-state index contributed by atoms with van der Waals surface area (Å²) in [6, 6.07) is 12.1. The molecule has 1 aromatic carbocycles. The van der Waals surface area contributed by atoms with E-state index in [1.165, 1.54) is 0 Å². The van der Waals surface area contributed by atoms with Crippen molar-refractivity contribution in [3.05, 3.63) is 48.2 Å². The number of amides is 2. The van der Waals surface area contributed by atoms with Gasteiger partial charge in [-0.3, -0.25) is 4.68 Å². The summed E-state index contributed by atoms with van der Waals surface area (Å²) in [5.74, 6) is 0.915. The number of urea groups is 1. The van der Waals surface area contributed by atoms with Crippen molar-refractivity contribution in [3.63, 3.8) is 0 Å². The standard InChI is InChI=1S/C26H32N6O3/c1-18-4-5-21(28-26(33)32-10-13-35-19(2)17-32)16-22(18)20-14-23(24-6-7-27-30(24)3)29-25(15-20)31-8-11-34-12-9-31/h4-7,14-16,19H,8-13,17H2,1-3H3,(H,28,33)/t19-/m0/s1. The van der Waals surface area contributed by atoms with E-state index < -0.39 is 0 Å². The SMILES string of the molecule is Cc1ccc(NC(=O)N2CCO[C@@H](C)C2)cc1-c1cc(-c2ccnn2C)nc(N2CCOCC2)c1. The summed E-state index contributed by atoms with van der Waals surface area (Å²) < 4.78 is 13.0. The summed E-state index contributed by atoms with van der Waals surface area (Å²) in [4.78, 5) is 21.9. The van der Waals surface area contributed by atoms with Crippen LogP contribution in [0.5, 0.6) is 0 Å². The number of aryl methyl sites for hydroxylation is 2. The molecule has 4 heterocycles. The van der Waals surface area contributed by atoms with Crippen molar-refractivity contribution >= 4 is 17.5 Å². The molecule has 9 nitrogen and oxygen atoms in total. The molecule has 3 aromatic rings. The average molecular weight is 477 g/mol. The number of carbonyl (C=O) groups is 1. The molecule has 2 aromatic heterocycles. The van der Waals surface area contributed by atoms with Crippen molar-refractivity contribution in [1.82, 2.24) is 19.7 Å². The lowest BCUT2D eigenvalue weighted by atomic mass is 9.99. The molecule has 2 aliphatic rings. The van der Waals surface area contributed by atoms with E-state index in [1.807, 2.05) is 42.9 Å². The van der Waals surface area contributed by atoms with Crippen molar-refractivity contribution in [3.8, 4) is 22.5 Å². The fourth-order valence-corrected chi connectivity index (χ4v) is 4.60. The molecule has 2 fully saturated rings. The number of hydrogen-bond donors (Lipinski definition) is 1. The Morgan fingerprint density at radius 3 is 2.66 bits per heavy atom. The van der Waals surface area contributed by atoms with Gasteiger partial charge in [-0.15, -0.1) is 0 Å². The Bertz CT molecular complexity index is 1200. The number of carbonyl (C=O) groups excluding carboxylic acids is 1. The summed E-state index contributed by atoms with van der Waals surface area (Å²) in [5.41, 5.74) is 5.80. The van der Waals surface area contributed by atoms with Gasteiger partial charge >= 0.3 is 6.03 Å². The summed E-state index contributed by atoms with van der Waals surface area (Å²) in [6.45, 7) is 8.79. The molecule has 0 spiro atoms. The van der Waals surface area contributed by atoms with Crippen molar-refractivity contribution in [2.45, 2.75) is 20.0 Å². The van der Waals surface area contributed by atoms with Gasteiger partial charge < -0.3 is 24.6 Å². The number of rotatable bonds is 4. The van der Waals surface area contributed by atoms with Crippen molar-refractivity contribution in [2.75, 3.05) is 56.2 Å². The first kappa shape index (κ1) is 23.3. The van der Waals surface area contributed by atoms with Gasteiger partial charge in [-0.25, -0.2) is 9.78 Å². The first-order valence-corrected chi connectivity index (χ1v) is 12.1. The van der Waals surface area contributed by atoms with Crippen LogP contribution < -0.4 is 10.2 Å². The molecule has 0 aliphatic carbocycles. The van der Waals surface area contributed by atoms with Gasteiger partial charge in [-0.2, -0.15) is 5.10 Å². The van der Waals surface area contributed by atoms with E-state index in [1.54, 1.807) is 11.1 Å². The third kappa shape index (κ3) is 5.16. The molecule has 5 rings (SSSR count). The van der Waals surface area contributed by atoms with Gasteiger partial charge in [0.2, 0.25) is 0 Å². The van der Waals surface area contributed by atoms with Gasteiger partial charge in [0.15, 0.2) is 0 Å². The minimum Gasteiger partial charge on any atom is -0.378 e. The summed E-state index contributed by atoms with van der Waals surface area (Å²) in [5, 5.41) is 7.41. The number of ether oxygens (including phenoxy) is 2. The maximum absolute atomic E-state index is 12.9. The fraction of sp³-hybridized carbons (Fsp3) is 0.423. The highest BCUT2D eigenvalue weighted by Crippen LogP contribution is 2.33. The second kappa shape index (κ2) is 10.1. The van der Waals surface area contributed by atoms with Gasteiger partial charge in [-0.1, -0.05) is 6.07 Å². The number of hydrogen-bond acceptors (Lipinski definition) is 6. The van der Waals surface area contributed by atoms with Crippen LogP contribution in [0.1, 0.15) is 12.5 Å². The molecule has 184 valence electrons. The zero-order valence-electron chi connectivity index (χ0n) is 20.5. The zero-order valence-corrected chi connectivity index (χ0v) is 20.5. The minimum absolute atomic E-state index is 0.0453. The lowest BCUT2D eigenvalue weighted by Gasteiger charge is -2.31. The fourth-order valence-electron chi connectivity index (χ4n) is 4.60. The first-order chi connectivity index (χ1) is 17.0. The topological polar surface area (TPSA) is 84.8 Å². The first-order valence-electron chi connectivity index (χ1n) is 12.1. The molecule has 2 amide bonds. The quantitative estimate of drug-likeness (QED) is 0.620. The van der Waals surface area contributed by atoms with Gasteiger partial charge in [0, 0.05) is 45.1 Å². The number of nitrogens with one attached hydrogen (secondary N) is 1. The Balaban J connectivity index is 1.49. The van der Waals surface area contributed by atoms with Crippen LogP contribution >= 0.6 is 0 Å². The number of anilines is 2. The largest absolute Gasteiger partial charge is 0.378 e. The van der Waals surface area contributed by atoms with Crippen molar-refractivity contribution in [1.29, 1.82) is 0 Å². The number of nitrogens with zero attached hydrogens (tertiary/aromatic N) is 5. The summed E-state index contributed by atoms with van der Waals surface area (Å²) in [6.07, 6.45) is 1.83. The van der Waals surface area contributed by atoms with Crippen LogP contribution in [0.3, 0.4) is 0 Å². The van der Waals surface area contributed by atoms with Gasteiger partial charge in [0.1, 0.15) is 5.82 Å². The van der Waals surface area contributed by atoms with E-state index >= 15 is 0 Å². The second-order valence-electron chi connectivity index (χ2n) is 9.13. The third-order valence-electron chi connectivity index (χ3n) is 6.56. The highest BCUT2D eigenvalue weighted by molar-refractivity contribution is 5.91. The van der Waals surface area contributed by atoms with E-state index in [4.69, 9.17) is 14.5 Å². The number of pyridine rings is 1. The molecular weight excluding hydrogens is 444 g/mol. The second-order valence-corrected chi connectivity index (χ2v) is 9.13. The molecule has 0 saturated carbocycles. The number of morpholine rings is 2. The summed E-state index contributed by atoms with van der Waals surface area (Å²) >= 11 is 0. The Labute approximate surface area is 205 Å². The van der Waals surface area contributed by atoms with E-state index in [9.17, 15) is 4.79 Å². The molecule has 35 heavy (non-hydrogen) atoms. The average Bonchev–Trinajstić information content (AvgIpc) is 3.31. The van der Waals surface area contributed by atoms with Crippen LogP contribution in [0.2, 0.25) is 0 Å². The van der Waals surface area contributed by atoms with E-state index in [-0.39, 0.29) is 12.1 Å². The molecule has 0 bridgehead atoms. The molecule has 0 unspecified atom stereocenters. The highest BCUT2D eigenvalue weighted by atomic mass is 16.5. The maximum atomic E-state index is 12.9. The normalized spacial score (nSPS) is 18.5. The van der Waals surface area contributed by atoms with Gasteiger partial charge in [-0.05, 0) is 60.9 Å². The maximum Gasteiger partial charge on any atom is 0.322 e. The van der Waals surface area contributed by atoms with Crippen LogP contribution in [-0.4, -0.2) is 77.8 Å². The van der Waals surface area contributed by atoms with Crippen molar-refractivity contribution in [2.24, 2.45) is 7.05 Å². The van der Waals surface area contributed by atoms with Crippen LogP contribution in [0.4, 0.5) is 16.3 Å². The summed E-state index contributed by atoms with van der Waals surface area (Å²) in [7, 11) is 1.92. The van der Waals surface area contributed by atoms with E-state index in [2.05, 4.69) is 34.4 Å². The highest BCUT2D eigenvalue weighted by Gasteiger charge is 2.22. The smallest absolute Gasteiger partial charge is 0.322 e. The molecule has 1 N–H and O–H groups in total. The predicted octanol–water partition coefficient (Wildman–Crippen LogP) is 3.55. The Hall–Kier alpha value is -3.43. The Morgan fingerprint density at radius 2 is 1.91 bits per heavy atom.